The molecule has 3 atom stereocenters. The Labute approximate surface area is 173 Å². The number of hydrogen-bond acceptors (Lipinski definition) is 6. The fourth-order valence-corrected chi connectivity index (χ4v) is 5.19. The molecule has 3 aromatic rings. The highest BCUT2D eigenvalue weighted by Crippen LogP contribution is 2.47. The average Bonchev–Trinajstić information content (AvgIpc) is 3.46. The van der Waals surface area contributed by atoms with Gasteiger partial charge in [0.25, 0.3) is 5.91 Å². The molecule has 5 heterocycles. The maximum atomic E-state index is 13.6. The van der Waals surface area contributed by atoms with Crippen LogP contribution in [0.5, 0.6) is 0 Å². The minimum atomic E-state index is -0.855. The van der Waals surface area contributed by atoms with Crippen molar-refractivity contribution in [3.05, 3.63) is 60.4 Å². The highest BCUT2D eigenvalue weighted by molar-refractivity contribution is 5.88. The minimum absolute atomic E-state index is 0.0107. The third-order valence-electron chi connectivity index (χ3n) is 6.72. The van der Waals surface area contributed by atoms with Gasteiger partial charge in [-0.1, -0.05) is 30.3 Å². The SMILES string of the molecule is O=C1N2[C@H](OC13CCN(c1ccnc4ccnn14)CC3)[C@@H](O)C[C@H]2c1ccccc1. The summed E-state index contributed by atoms with van der Waals surface area (Å²) in [5.74, 6) is 0.976. The highest BCUT2D eigenvalue weighted by Gasteiger charge is 2.60. The predicted octanol–water partition coefficient (Wildman–Crippen LogP) is 1.76. The molecule has 0 saturated carbocycles. The number of aliphatic hydroxyl groups is 1. The molecule has 1 N–H and O–H groups in total. The lowest BCUT2D eigenvalue weighted by atomic mass is 9.89. The molecule has 2 aromatic heterocycles. The third kappa shape index (κ3) is 2.50. The standard InChI is InChI=1S/C22H23N5O3/c28-17-14-16(15-4-2-1-3-5-15)26-20(17)30-22(21(26)29)8-12-25(13-9-22)19-7-10-23-18-6-11-24-27(18)19/h1-7,10-11,16-17,20,28H,8-9,12-14H2/t16-,17-,20+/m0/s1. The van der Waals surface area contributed by atoms with Crippen LogP contribution in [0.3, 0.4) is 0 Å². The number of amides is 1. The number of nitrogens with zero attached hydrogens (tertiary/aromatic N) is 5. The lowest BCUT2D eigenvalue weighted by Crippen LogP contribution is -2.51. The van der Waals surface area contributed by atoms with Gasteiger partial charge in [0.1, 0.15) is 11.9 Å². The molecule has 8 heteroatoms. The first-order chi connectivity index (χ1) is 14.7. The topological polar surface area (TPSA) is 83.2 Å². The van der Waals surface area contributed by atoms with E-state index in [1.807, 2.05) is 47.0 Å². The van der Waals surface area contributed by atoms with Crippen molar-refractivity contribution in [2.24, 2.45) is 0 Å². The van der Waals surface area contributed by atoms with E-state index >= 15 is 0 Å². The monoisotopic (exact) mass is 405 g/mol. The molecule has 8 nitrogen and oxygen atoms in total. The normalized spacial score (nSPS) is 27.9. The average molecular weight is 405 g/mol. The summed E-state index contributed by atoms with van der Waals surface area (Å²) < 4.78 is 8.13. The Morgan fingerprint density at radius 2 is 1.87 bits per heavy atom. The van der Waals surface area contributed by atoms with Crippen molar-refractivity contribution in [2.75, 3.05) is 18.0 Å². The minimum Gasteiger partial charge on any atom is -0.388 e. The van der Waals surface area contributed by atoms with E-state index in [2.05, 4.69) is 15.0 Å². The molecule has 1 aromatic carbocycles. The summed E-state index contributed by atoms with van der Waals surface area (Å²) in [5, 5.41) is 15.0. The van der Waals surface area contributed by atoms with Crippen LogP contribution in [-0.4, -0.2) is 61.5 Å². The molecule has 0 radical (unpaired) electrons. The summed E-state index contributed by atoms with van der Waals surface area (Å²) >= 11 is 0. The number of rotatable bonds is 2. The molecule has 1 spiro atoms. The Kier molecular flexibility index (Phi) is 3.88. The van der Waals surface area contributed by atoms with Gasteiger partial charge < -0.3 is 19.6 Å². The molecule has 0 bridgehead atoms. The molecule has 154 valence electrons. The van der Waals surface area contributed by atoms with Crippen LogP contribution in [0.15, 0.2) is 54.9 Å². The van der Waals surface area contributed by atoms with Crippen LogP contribution < -0.4 is 4.90 Å². The van der Waals surface area contributed by atoms with Gasteiger partial charge in [0.15, 0.2) is 17.5 Å². The molecule has 1 amide bonds. The zero-order valence-electron chi connectivity index (χ0n) is 16.5. The number of hydrogen-bond donors (Lipinski definition) is 1. The Morgan fingerprint density at radius 3 is 2.67 bits per heavy atom. The smallest absolute Gasteiger partial charge is 0.257 e. The van der Waals surface area contributed by atoms with Gasteiger partial charge in [-0.25, -0.2) is 4.98 Å². The molecular formula is C22H23N5O3. The second kappa shape index (κ2) is 6.52. The zero-order valence-corrected chi connectivity index (χ0v) is 16.5. The van der Waals surface area contributed by atoms with Gasteiger partial charge in [0, 0.05) is 44.6 Å². The molecule has 3 aliphatic heterocycles. The van der Waals surface area contributed by atoms with Crippen molar-refractivity contribution in [1.82, 2.24) is 19.5 Å². The van der Waals surface area contributed by atoms with E-state index in [1.165, 1.54) is 0 Å². The van der Waals surface area contributed by atoms with Gasteiger partial charge in [-0.3, -0.25) is 4.79 Å². The number of anilines is 1. The quantitative estimate of drug-likeness (QED) is 0.700. The number of carbonyl (C=O) groups excluding carboxylic acids is 1. The van der Waals surface area contributed by atoms with Crippen molar-refractivity contribution in [3.8, 4) is 0 Å². The van der Waals surface area contributed by atoms with Gasteiger partial charge in [-0.2, -0.15) is 9.61 Å². The number of ether oxygens (including phenoxy) is 1. The van der Waals surface area contributed by atoms with Crippen LogP contribution in [0, 0.1) is 0 Å². The van der Waals surface area contributed by atoms with Crippen molar-refractivity contribution >= 4 is 17.4 Å². The largest absolute Gasteiger partial charge is 0.388 e. The van der Waals surface area contributed by atoms with Crippen molar-refractivity contribution in [2.45, 2.75) is 43.2 Å². The summed E-state index contributed by atoms with van der Waals surface area (Å²) in [7, 11) is 0. The maximum absolute atomic E-state index is 13.6. The second-order valence-electron chi connectivity index (χ2n) is 8.34. The van der Waals surface area contributed by atoms with E-state index in [0.29, 0.717) is 32.4 Å². The van der Waals surface area contributed by atoms with Crippen LogP contribution >= 0.6 is 0 Å². The molecule has 3 saturated heterocycles. The highest BCUT2D eigenvalue weighted by atomic mass is 16.6. The first kappa shape index (κ1) is 17.9. The summed E-state index contributed by atoms with van der Waals surface area (Å²) in [6.07, 6.45) is 3.96. The van der Waals surface area contributed by atoms with Crippen LogP contribution in [0.1, 0.15) is 30.9 Å². The summed E-state index contributed by atoms with van der Waals surface area (Å²) in [5.41, 5.74) is 0.991. The van der Waals surface area contributed by atoms with E-state index in [-0.39, 0.29) is 11.9 Å². The molecule has 6 rings (SSSR count). The molecule has 3 aliphatic rings. The van der Waals surface area contributed by atoms with Gasteiger partial charge in [-0.15, -0.1) is 0 Å². The maximum Gasteiger partial charge on any atom is 0.257 e. The van der Waals surface area contributed by atoms with Gasteiger partial charge in [0.05, 0.1) is 12.2 Å². The van der Waals surface area contributed by atoms with Crippen molar-refractivity contribution in [3.63, 3.8) is 0 Å². The Morgan fingerprint density at radius 1 is 1.07 bits per heavy atom. The molecule has 0 unspecified atom stereocenters. The molecule has 3 fully saturated rings. The number of piperidine rings is 1. The van der Waals surface area contributed by atoms with Crippen LogP contribution in [-0.2, 0) is 9.53 Å². The van der Waals surface area contributed by atoms with Gasteiger partial charge in [0.2, 0.25) is 0 Å². The Balaban J connectivity index is 1.25. The fraction of sp³-hybridized carbons (Fsp3) is 0.409. The van der Waals surface area contributed by atoms with Crippen LogP contribution in [0.2, 0.25) is 0 Å². The van der Waals surface area contributed by atoms with E-state index in [1.54, 1.807) is 17.3 Å². The first-order valence-electron chi connectivity index (χ1n) is 10.4. The van der Waals surface area contributed by atoms with Crippen molar-refractivity contribution in [1.29, 1.82) is 0 Å². The number of fused-ring (bicyclic) bond motifs is 2. The predicted molar refractivity (Wildman–Crippen MR) is 109 cm³/mol. The Hall–Kier alpha value is -2.97. The summed E-state index contributed by atoms with van der Waals surface area (Å²) in [6, 6.07) is 13.6. The van der Waals surface area contributed by atoms with Crippen LogP contribution in [0.25, 0.3) is 5.65 Å². The lowest BCUT2D eigenvalue weighted by molar-refractivity contribution is -0.142. The number of aromatic nitrogens is 3. The van der Waals surface area contributed by atoms with E-state index in [4.69, 9.17) is 4.74 Å². The molecule has 30 heavy (non-hydrogen) atoms. The van der Waals surface area contributed by atoms with Gasteiger partial charge >= 0.3 is 0 Å². The lowest BCUT2D eigenvalue weighted by Gasteiger charge is -2.38. The van der Waals surface area contributed by atoms with E-state index in [0.717, 1.165) is 17.0 Å². The number of carbonyl (C=O) groups is 1. The van der Waals surface area contributed by atoms with E-state index < -0.39 is 17.9 Å². The number of benzene rings is 1. The summed E-state index contributed by atoms with van der Waals surface area (Å²) in [6.45, 7) is 1.36. The fourth-order valence-electron chi connectivity index (χ4n) is 5.19. The zero-order chi connectivity index (χ0) is 20.3. The number of aliphatic hydroxyl groups excluding tert-OH is 1. The van der Waals surface area contributed by atoms with E-state index in [9.17, 15) is 9.90 Å². The van der Waals surface area contributed by atoms with Crippen molar-refractivity contribution < 1.29 is 14.6 Å². The first-order valence-corrected chi connectivity index (χ1v) is 10.4. The third-order valence-corrected chi connectivity index (χ3v) is 6.72. The van der Waals surface area contributed by atoms with Gasteiger partial charge in [-0.05, 0) is 11.6 Å². The molecular weight excluding hydrogens is 382 g/mol. The summed E-state index contributed by atoms with van der Waals surface area (Å²) in [4.78, 5) is 21.9. The Bertz CT molecular complexity index is 1090. The second-order valence-corrected chi connectivity index (χ2v) is 8.34. The van der Waals surface area contributed by atoms with Crippen LogP contribution in [0.4, 0.5) is 5.82 Å². The molecule has 0 aliphatic carbocycles.